The molecule has 22 heavy (non-hydrogen) atoms. The zero-order valence-electron chi connectivity index (χ0n) is 11.5. The van der Waals surface area contributed by atoms with Crippen LogP contribution in [0.1, 0.15) is 16.2 Å². The number of aromatic nitrogens is 4. The van der Waals surface area contributed by atoms with E-state index < -0.39 is 0 Å². The summed E-state index contributed by atoms with van der Waals surface area (Å²) >= 11 is 0. The number of anilines is 1. The monoisotopic (exact) mass is 293 g/mol. The lowest BCUT2D eigenvalue weighted by atomic mass is 10.2. The Morgan fingerprint density at radius 3 is 3.00 bits per heavy atom. The van der Waals surface area contributed by atoms with Gasteiger partial charge in [-0.2, -0.15) is 4.98 Å². The summed E-state index contributed by atoms with van der Waals surface area (Å²) in [5.74, 6) is -0.0890. The van der Waals surface area contributed by atoms with Crippen molar-refractivity contribution in [2.24, 2.45) is 0 Å². The number of benzene rings is 1. The third-order valence-corrected chi connectivity index (χ3v) is 3.53. The Bertz CT molecular complexity index is 831. The molecule has 4 rings (SSSR count). The molecule has 0 saturated carbocycles. The van der Waals surface area contributed by atoms with Gasteiger partial charge in [0.25, 0.3) is 0 Å². The largest absolute Gasteiger partial charge is 0.328 e. The first kappa shape index (κ1) is 12.6. The molecule has 0 radical (unpaired) electrons. The minimum absolute atomic E-state index is 0.0441. The van der Waals surface area contributed by atoms with Crippen molar-refractivity contribution in [2.45, 2.75) is 6.42 Å². The van der Waals surface area contributed by atoms with Crippen LogP contribution >= 0.6 is 0 Å². The van der Waals surface area contributed by atoms with Gasteiger partial charge in [-0.3, -0.25) is 9.78 Å². The molecular weight excluding hydrogens is 282 g/mol. The maximum absolute atomic E-state index is 12.5. The van der Waals surface area contributed by atoms with E-state index in [-0.39, 0.29) is 17.6 Å². The van der Waals surface area contributed by atoms with Crippen molar-refractivity contribution in [3.63, 3.8) is 0 Å². The van der Waals surface area contributed by atoms with E-state index in [2.05, 4.69) is 20.1 Å². The van der Waals surface area contributed by atoms with Crippen LogP contribution < -0.4 is 4.90 Å². The van der Waals surface area contributed by atoms with Gasteiger partial charge in [0.15, 0.2) is 0 Å². The average Bonchev–Trinajstić information content (AvgIpc) is 3.22. The second-order valence-electron chi connectivity index (χ2n) is 4.85. The smallest absolute Gasteiger partial charge is 0.316 e. The number of hydrogen-bond acceptors (Lipinski definition) is 6. The molecule has 0 spiro atoms. The topological polar surface area (TPSA) is 85.0 Å². The molecule has 0 saturated heterocycles. The molecule has 0 aliphatic carbocycles. The SMILES string of the molecule is O=C(c1nc(-c2cnccn2)no1)N1CCc2ccccc21. The Morgan fingerprint density at radius 1 is 1.23 bits per heavy atom. The van der Waals surface area contributed by atoms with Gasteiger partial charge in [-0.15, -0.1) is 0 Å². The number of rotatable bonds is 2. The van der Waals surface area contributed by atoms with Crippen molar-refractivity contribution < 1.29 is 9.32 Å². The van der Waals surface area contributed by atoms with E-state index in [4.69, 9.17) is 4.52 Å². The van der Waals surface area contributed by atoms with Gasteiger partial charge in [-0.1, -0.05) is 23.4 Å². The highest BCUT2D eigenvalue weighted by Gasteiger charge is 2.29. The van der Waals surface area contributed by atoms with Crippen molar-refractivity contribution in [2.75, 3.05) is 11.4 Å². The van der Waals surface area contributed by atoms with Crippen LogP contribution in [-0.4, -0.2) is 32.6 Å². The van der Waals surface area contributed by atoms with E-state index >= 15 is 0 Å². The lowest BCUT2D eigenvalue weighted by molar-refractivity contribution is 0.0947. The summed E-state index contributed by atoms with van der Waals surface area (Å²) in [6, 6.07) is 7.80. The van der Waals surface area contributed by atoms with E-state index in [9.17, 15) is 4.79 Å². The molecule has 0 atom stereocenters. The summed E-state index contributed by atoms with van der Waals surface area (Å²) in [6.45, 7) is 0.612. The number of carbonyl (C=O) groups is 1. The third kappa shape index (κ3) is 2.03. The van der Waals surface area contributed by atoms with Crippen molar-refractivity contribution >= 4 is 11.6 Å². The van der Waals surface area contributed by atoms with Crippen LogP contribution in [0.2, 0.25) is 0 Å². The molecule has 1 amide bonds. The van der Waals surface area contributed by atoms with Crippen LogP contribution in [0, 0.1) is 0 Å². The standard InChI is InChI=1S/C15H11N5O2/c21-15(20-8-5-10-3-1-2-4-12(10)20)14-18-13(19-22-14)11-9-16-6-7-17-11/h1-4,6-7,9H,5,8H2. The van der Waals surface area contributed by atoms with Crippen LogP contribution in [0.3, 0.4) is 0 Å². The Hall–Kier alpha value is -3.09. The molecule has 0 unspecified atom stereocenters. The molecule has 1 aromatic carbocycles. The van der Waals surface area contributed by atoms with Gasteiger partial charge in [0.1, 0.15) is 5.69 Å². The second kappa shape index (κ2) is 5.03. The Kier molecular flexibility index (Phi) is 2.89. The first-order chi connectivity index (χ1) is 10.8. The van der Waals surface area contributed by atoms with Gasteiger partial charge in [0.2, 0.25) is 5.82 Å². The van der Waals surface area contributed by atoms with E-state index in [1.165, 1.54) is 12.4 Å². The number of para-hydroxylation sites is 1. The maximum Gasteiger partial charge on any atom is 0.316 e. The fraction of sp³-hybridized carbons (Fsp3) is 0.133. The normalized spacial score (nSPS) is 13.2. The second-order valence-corrected chi connectivity index (χ2v) is 4.85. The van der Waals surface area contributed by atoms with Crippen molar-refractivity contribution in [1.82, 2.24) is 20.1 Å². The molecule has 7 heteroatoms. The summed E-state index contributed by atoms with van der Waals surface area (Å²) in [7, 11) is 0. The van der Waals surface area contributed by atoms with Gasteiger partial charge in [0, 0.05) is 24.6 Å². The maximum atomic E-state index is 12.5. The number of hydrogen-bond donors (Lipinski definition) is 0. The minimum atomic E-state index is -0.299. The highest BCUT2D eigenvalue weighted by molar-refractivity contribution is 6.04. The number of fused-ring (bicyclic) bond motifs is 1. The fourth-order valence-electron chi connectivity index (χ4n) is 2.49. The van der Waals surface area contributed by atoms with E-state index in [1.54, 1.807) is 11.1 Å². The molecule has 0 N–H and O–H groups in total. The van der Waals surface area contributed by atoms with Gasteiger partial charge in [-0.25, -0.2) is 4.98 Å². The Balaban J connectivity index is 1.64. The number of amides is 1. The zero-order chi connectivity index (χ0) is 14.9. The average molecular weight is 293 g/mol. The number of nitrogens with zero attached hydrogens (tertiary/aromatic N) is 5. The van der Waals surface area contributed by atoms with Crippen LogP contribution in [0.15, 0.2) is 47.4 Å². The summed E-state index contributed by atoms with van der Waals surface area (Å²) < 4.78 is 5.09. The minimum Gasteiger partial charge on any atom is -0.328 e. The lowest BCUT2D eigenvalue weighted by Gasteiger charge is -2.14. The van der Waals surface area contributed by atoms with E-state index in [0.717, 1.165) is 17.7 Å². The zero-order valence-corrected chi connectivity index (χ0v) is 11.5. The van der Waals surface area contributed by atoms with Gasteiger partial charge < -0.3 is 9.42 Å². The highest BCUT2D eigenvalue weighted by atomic mass is 16.5. The van der Waals surface area contributed by atoms with Crippen LogP contribution in [0.5, 0.6) is 0 Å². The molecule has 108 valence electrons. The van der Waals surface area contributed by atoms with E-state index in [0.29, 0.717) is 12.2 Å². The molecule has 7 nitrogen and oxygen atoms in total. The van der Waals surface area contributed by atoms with Crippen LogP contribution in [0.25, 0.3) is 11.5 Å². The molecule has 3 aromatic rings. The predicted octanol–water partition coefficient (Wildman–Crippen LogP) is 1.73. The summed E-state index contributed by atoms with van der Waals surface area (Å²) in [5.41, 5.74) is 2.50. The summed E-state index contributed by atoms with van der Waals surface area (Å²) in [6.07, 6.45) is 5.43. The van der Waals surface area contributed by atoms with Gasteiger partial charge in [-0.05, 0) is 18.1 Å². The molecule has 1 aliphatic heterocycles. The number of carbonyl (C=O) groups excluding carboxylic acids is 1. The third-order valence-electron chi connectivity index (χ3n) is 3.53. The highest BCUT2D eigenvalue weighted by Crippen LogP contribution is 2.28. The molecular formula is C15H11N5O2. The lowest BCUT2D eigenvalue weighted by Crippen LogP contribution is -2.29. The van der Waals surface area contributed by atoms with Crippen LogP contribution in [0.4, 0.5) is 5.69 Å². The first-order valence-corrected chi connectivity index (χ1v) is 6.83. The molecule has 3 heterocycles. The molecule has 1 aliphatic rings. The fourth-order valence-corrected chi connectivity index (χ4v) is 2.49. The Morgan fingerprint density at radius 2 is 2.14 bits per heavy atom. The van der Waals surface area contributed by atoms with Gasteiger partial charge in [0.05, 0.1) is 6.20 Å². The summed E-state index contributed by atoms with van der Waals surface area (Å²) in [5, 5.41) is 3.80. The Labute approximate surface area is 125 Å². The quantitative estimate of drug-likeness (QED) is 0.715. The molecule has 0 bridgehead atoms. The summed E-state index contributed by atoms with van der Waals surface area (Å²) in [4.78, 5) is 26.4. The van der Waals surface area contributed by atoms with Crippen molar-refractivity contribution in [3.8, 4) is 11.5 Å². The van der Waals surface area contributed by atoms with Crippen LogP contribution in [-0.2, 0) is 6.42 Å². The first-order valence-electron chi connectivity index (χ1n) is 6.83. The van der Waals surface area contributed by atoms with Gasteiger partial charge >= 0.3 is 11.8 Å². The van der Waals surface area contributed by atoms with Crippen molar-refractivity contribution in [3.05, 3.63) is 54.3 Å². The van der Waals surface area contributed by atoms with Crippen molar-refractivity contribution in [1.29, 1.82) is 0 Å². The molecule has 0 fully saturated rings. The molecule has 2 aromatic heterocycles. The predicted molar refractivity (Wildman–Crippen MR) is 77.1 cm³/mol. The van der Waals surface area contributed by atoms with E-state index in [1.807, 2.05) is 24.3 Å².